The minimum Gasteiger partial charge on any atom is -0.426 e. The van der Waals surface area contributed by atoms with E-state index in [-0.39, 0.29) is 19.0 Å². The molecule has 0 atom stereocenters. The quantitative estimate of drug-likeness (QED) is 0.270. The van der Waals surface area contributed by atoms with E-state index in [2.05, 4.69) is 19.9 Å². The van der Waals surface area contributed by atoms with Crippen molar-refractivity contribution in [1.82, 2.24) is 0 Å². The van der Waals surface area contributed by atoms with E-state index >= 15 is 0 Å². The van der Waals surface area contributed by atoms with Gasteiger partial charge in [-0.15, -0.1) is 0 Å². The Kier molecular flexibility index (Phi) is 9.24. The van der Waals surface area contributed by atoms with Gasteiger partial charge >= 0.3 is 5.97 Å². The lowest BCUT2D eigenvalue weighted by Crippen LogP contribution is -2.25. The van der Waals surface area contributed by atoms with Crippen molar-refractivity contribution in [3.8, 4) is 5.75 Å². The van der Waals surface area contributed by atoms with Crippen LogP contribution in [0.15, 0.2) is 18.2 Å². The van der Waals surface area contributed by atoms with Gasteiger partial charge in [-0.25, -0.2) is 0 Å². The van der Waals surface area contributed by atoms with Crippen LogP contribution in [0.4, 0.5) is 0 Å². The number of aryl methyl sites for hydroxylation is 1. The molecule has 1 N–H and O–H groups in total. The summed E-state index contributed by atoms with van der Waals surface area (Å²) in [5, 5.41) is 8.85. The van der Waals surface area contributed by atoms with E-state index in [0.29, 0.717) is 11.7 Å². The Morgan fingerprint density at radius 2 is 1.67 bits per heavy atom. The van der Waals surface area contributed by atoms with Gasteiger partial charge in [0.05, 0.1) is 13.0 Å². The Morgan fingerprint density at radius 3 is 2.27 bits per heavy atom. The number of benzene rings is 1. The molecule has 1 aromatic carbocycles. The van der Waals surface area contributed by atoms with E-state index in [1.165, 1.54) is 88.2 Å². The number of ether oxygens (including phenoxy) is 1. The number of aliphatic hydroxyl groups is 1. The Labute approximate surface area is 183 Å². The summed E-state index contributed by atoms with van der Waals surface area (Å²) in [4.78, 5) is 11.6. The van der Waals surface area contributed by atoms with Gasteiger partial charge in [-0.3, -0.25) is 4.79 Å². The molecule has 2 aliphatic rings. The number of hydrogen-bond acceptors (Lipinski definition) is 3. The molecule has 2 saturated carbocycles. The number of carbonyl (C=O) groups is 1. The van der Waals surface area contributed by atoms with Crippen molar-refractivity contribution in [2.75, 3.05) is 6.61 Å². The second-order valence-electron chi connectivity index (χ2n) is 9.85. The van der Waals surface area contributed by atoms with Crippen LogP contribution in [0.25, 0.3) is 0 Å². The molecule has 3 nitrogen and oxygen atoms in total. The second-order valence-corrected chi connectivity index (χ2v) is 9.85. The molecule has 3 heteroatoms. The number of aliphatic hydroxyl groups excluding tert-OH is 1. The van der Waals surface area contributed by atoms with E-state index < -0.39 is 0 Å². The van der Waals surface area contributed by atoms with E-state index in [1.54, 1.807) is 0 Å². The van der Waals surface area contributed by atoms with Gasteiger partial charge in [0.25, 0.3) is 0 Å². The first-order valence-electron chi connectivity index (χ1n) is 12.5. The predicted octanol–water partition coefficient (Wildman–Crippen LogP) is 6.94. The van der Waals surface area contributed by atoms with Gasteiger partial charge < -0.3 is 9.84 Å². The average Bonchev–Trinajstić information content (AvgIpc) is 2.75. The summed E-state index contributed by atoms with van der Waals surface area (Å²) in [6, 6.07) is 6.06. The number of rotatable bonds is 9. The minimum atomic E-state index is -0.370. The lowest BCUT2D eigenvalue weighted by atomic mass is 9.67. The summed E-state index contributed by atoms with van der Waals surface area (Å²) < 4.78 is 5.31. The summed E-state index contributed by atoms with van der Waals surface area (Å²) >= 11 is 0. The van der Waals surface area contributed by atoms with Crippen LogP contribution >= 0.6 is 0 Å². The van der Waals surface area contributed by atoms with Crippen molar-refractivity contribution in [3.63, 3.8) is 0 Å². The Hall–Kier alpha value is -1.35. The highest BCUT2D eigenvalue weighted by molar-refractivity contribution is 5.72. The number of hydrogen-bond donors (Lipinski definition) is 1. The van der Waals surface area contributed by atoms with E-state index in [4.69, 9.17) is 9.84 Å². The Bertz CT molecular complexity index is 652. The third-order valence-electron chi connectivity index (χ3n) is 7.77. The minimum absolute atomic E-state index is 0.0471. The van der Waals surface area contributed by atoms with Gasteiger partial charge in [-0.05, 0) is 92.4 Å². The molecule has 0 radical (unpaired) electrons. The topological polar surface area (TPSA) is 46.5 Å². The van der Waals surface area contributed by atoms with Crippen molar-refractivity contribution < 1.29 is 14.6 Å². The summed E-state index contributed by atoms with van der Waals surface area (Å²) in [7, 11) is 0. The standard InChI is InChI=1S/C27H42O3/c1-3-4-5-6-21-7-9-22(10-8-21)23-11-13-24(14-12-23)26-16-15-25(19-20(26)2)30-27(29)17-18-28/h15-16,19,21-24,28H,3-14,17-18H2,1-2H3. The van der Waals surface area contributed by atoms with Gasteiger partial charge in [0.2, 0.25) is 0 Å². The third-order valence-corrected chi connectivity index (χ3v) is 7.77. The number of carbonyl (C=O) groups excluding carboxylic acids is 1. The second kappa shape index (κ2) is 11.9. The van der Waals surface area contributed by atoms with Crippen LogP contribution in [-0.2, 0) is 4.79 Å². The fraction of sp³-hybridized carbons (Fsp3) is 0.741. The molecule has 0 saturated heterocycles. The number of unbranched alkanes of at least 4 members (excludes halogenated alkanes) is 2. The largest absolute Gasteiger partial charge is 0.426 e. The zero-order chi connectivity index (χ0) is 21.3. The molecule has 0 unspecified atom stereocenters. The highest BCUT2D eigenvalue weighted by atomic mass is 16.5. The summed E-state index contributed by atoms with van der Waals surface area (Å²) in [6.07, 6.45) is 17.0. The molecular weight excluding hydrogens is 372 g/mol. The summed E-state index contributed by atoms with van der Waals surface area (Å²) in [5.41, 5.74) is 2.65. The highest BCUT2D eigenvalue weighted by Gasteiger charge is 2.31. The van der Waals surface area contributed by atoms with Crippen LogP contribution in [0.3, 0.4) is 0 Å². The van der Waals surface area contributed by atoms with Crippen molar-refractivity contribution >= 4 is 5.97 Å². The molecule has 3 rings (SSSR count). The molecule has 0 aromatic heterocycles. The van der Waals surface area contributed by atoms with Gasteiger partial charge in [0.1, 0.15) is 5.75 Å². The first-order valence-corrected chi connectivity index (χ1v) is 12.5. The molecule has 0 spiro atoms. The highest BCUT2D eigenvalue weighted by Crippen LogP contribution is 2.45. The summed E-state index contributed by atoms with van der Waals surface area (Å²) in [5.74, 6) is 3.80. The van der Waals surface area contributed by atoms with Gasteiger partial charge in [-0.2, -0.15) is 0 Å². The fourth-order valence-corrected chi connectivity index (χ4v) is 5.98. The molecule has 2 aliphatic carbocycles. The maximum Gasteiger partial charge on any atom is 0.313 e. The van der Waals surface area contributed by atoms with Crippen LogP contribution < -0.4 is 4.74 Å². The predicted molar refractivity (Wildman–Crippen MR) is 123 cm³/mol. The van der Waals surface area contributed by atoms with Gasteiger partial charge in [-0.1, -0.05) is 51.5 Å². The molecule has 0 amide bonds. The molecule has 168 valence electrons. The Morgan fingerprint density at radius 1 is 1.00 bits per heavy atom. The molecule has 0 heterocycles. The molecule has 0 aliphatic heterocycles. The monoisotopic (exact) mass is 414 g/mol. The zero-order valence-electron chi connectivity index (χ0n) is 19.2. The van der Waals surface area contributed by atoms with Crippen molar-refractivity contribution in [1.29, 1.82) is 0 Å². The lowest BCUT2D eigenvalue weighted by molar-refractivity contribution is -0.135. The third kappa shape index (κ3) is 6.57. The fourth-order valence-electron chi connectivity index (χ4n) is 5.98. The normalized spacial score (nSPS) is 27.0. The van der Waals surface area contributed by atoms with Crippen LogP contribution in [-0.4, -0.2) is 17.7 Å². The van der Waals surface area contributed by atoms with Gasteiger partial charge in [0, 0.05) is 0 Å². The maximum atomic E-state index is 11.6. The molecule has 0 bridgehead atoms. The van der Waals surface area contributed by atoms with Crippen LogP contribution in [0.2, 0.25) is 0 Å². The Balaban J connectivity index is 1.45. The lowest BCUT2D eigenvalue weighted by Gasteiger charge is -2.38. The van der Waals surface area contributed by atoms with Gasteiger partial charge in [0.15, 0.2) is 0 Å². The first kappa shape index (κ1) is 23.3. The van der Waals surface area contributed by atoms with E-state index in [9.17, 15) is 4.79 Å². The van der Waals surface area contributed by atoms with Crippen LogP contribution in [0, 0.1) is 24.7 Å². The average molecular weight is 415 g/mol. The van der Waals surface area contributed by atoms with Crippen molar-refractivity contribution in [3.05, 3.63) is 29.3 Å². The number of esters is 1. The van der Waals surface area contributed by atoms with Crippen molar-refractivity contribution in [2.45, 2.75) is 103 Å². The first-order chi connectivity index (χ1) is 14.6. The smallest absolute Gasteiger partial charge is 0.313 e. The van der Waals surface area contributed by atoms with Crippen molar-refractivity contribution in [2.24, 2.45) is 17.8 Å². The van der Waals surface area contributed by atoms with Crippen LogP contribution in [0.1, 0.15) is 107 Å². The zero-order valence-corrected chi connectivity index (χ0v) is 19.2. The molecule has 30 heavy (non-hydrogen) atoms. The summed E-state index contributed by atoms with van der Waals surface area (Å²) in [6.45, 7) is 4.27. The SMILES string of the molecule is CCCCCC1CCC(C2CCC(c3ccc(OC(=O)CCO)cc3C)CC2)CC1. The molecule has 2 fully saturated rings. The molecular formula is C27H42O3. The van der Waals surface area contributed by atoms with E-state index in [1.807, 2.05) is 12.1 Å². The van der Waals surface area contributed by atoms with E-state index in [0.717, 1.165) is 17.8 Å². The maximum absolute atomic E-state index is 11.6. The van der Waals surface area contributed by atoms with Crippen LogP contribution in [0.5, 0.6) is 5.75 Å². The molecule has 1 aromatic rings.